The third-order valence-electron chi connectivity index (χ3n) is 1.76. The summed E-state index contributed by atoms with van der Waals surface area (Å²) >= 11 is 5.96. The molecule has 0 aliphatic heterocycles. The van der Waals surface area contributed by atoms with Gasteiger partial charge in [0, 0.05) is 9.93 Å². The minimum Gasteiger partial charge on any atom is -0.487 e. The molecule has 1 rings (SSSR count). The molecule has 14 heavy (non-hydrogen) atoms. The van der Waals surface area contributed by atoms with Crippen LogP contribution in [0.15, 0.2) is 23.3 Å². The molecule has 0 spiro atoms. The molecule has 0 radical (unpaired) electrons. The van der Waals surface area contributed by atoms with Crippen LogP contribution in [-0.4, -0.2) is 6.73 Å². The zero-order valence-electron chi connectivity index (χ0n) is 7.77. The molecule has 0 amide bonds. The summed E-state index contributed by atoms with van der Waals surface area (Å²) < 4.78 is 5.12. The highest BCUT2D eigenvalue weighted by Crippen LogP contribution is 2.22. The monoisotopic (exact) mass is 211 g/mol. The zero-order chi connectivity index (χ0) is 10.4. The van der Waals surface area contributed by atoms with Crippen LogP contribution in [0.3, 0.4) is 0 Å². The summed E-state index contributed by atoms with van der Waals surface area (Å²) in [6.45, 7) is 2.01. The Morgan fingerprint density at radius 1 is 1.57 bits per heavy atom. The topological polar surface area (TPSA) is 58.0 Å². The van der Waals surface area contributed by atoms with Gasteiger partial charge in [0.15, 0.2) is 6.73 Å². The molecule has 0 N–H and O–H groups in total. The summed E-state index contributed by atoms with van der Waals surface area (Å²) in [6.07, 6.45) is 0.884. The number of halogens is 1. The molecule has 0 fully saturated rings. The van der Waals surface area contributed by atoms with Crippen LogP contribution in [0.4, 0.5) is 0 Å². The van der Waals surface area contributed by atoms with Gasteiger partial charge in [-0.1, -0.05) is 29.7 Å². The number of hydrogen-bond acceptors (Lipinski definition) is 2. The number of ether oxygens (including phenoxy) is 1. The number of hydrogen-bond donors (Lipinski definition) is 0. The molecular formula is C9H10ClN3O. The lowest BCUT2D eigenvalue weighted by molar-refractivity contribution is 0.329. The molecule has 4 nitrogen and oxygen atoms in total. The molecule has 1 aromatic rings. The predicted octanol–water partition coefficient (Wildman–Crippen LogP) is 3.55. The average molecular weight is 212 g/mol. The van der Waals surface area contributed by atoms with Crippen molar-refractivity contribution in [1.29, 1.82) is 0 Å². The molecule has 0 atom stereocenters. The number of aryl methyl sites for hydroxylation is 1. The molecule has 0 bridgehead atoms. The lowest BCUT2D eigenvalue weighted by atomic mass is 10.2. The van der Waals surface area contributed by atoms with Crippen molar-refractivity contribution < 1.29 is 4.74 Å². The van der Waals surface area contributed by atoms with E-state index in [1.165, 1.54) is 0 Å². The molecule has 74 valence electrons. The van der Waals surface area contributed by atoms with Crippen LogP contribution in [0.1, 0.15) is 12.5 Å². The maximum absolute atomic E-state index is 8.03. The molecule has 0 aliphatic rings. The van der Waals surface area contributed by atoms with E-state index in [0.717, 1.165) is 12.0 Å². The van der Waals surface area contributed by atoms with Gasteiger partial charge in [-0.25, -0.2) is 0 Å². The van der Waals surface area contributed by atoms with E-state index in [1.54, 1.807) is 12.1 Å². The summed E-state index contributed by atoms with van der Waals surface area (Å²) in [5, 5.41) is 3.93. The van der Waals surface area contributed by atoms with Crippen molar-refractivity contribution >= 4 is 11.6 Å². The molecule has 0 saturated carbocycles. The first-order chi connectivity index (χ1) is 6.77. The largest absolute Gasteiger partial charge is 0.487 e. The average Bonchev–Trinajstić information content (AvgIpc) is 2.18. The van der Waals surface area contributed by atoms with Crippen LogP contribution in [0.25, 0.3) is 10.4 Å². The highest BCUT2D eigenvalue weighted by molar-refractivity contribution is 6.31. The predicted molar refractivity (Wildman–Crippen MR) is 55.5 cm³/mol. The van der Waals surface area contributed by atoms with Crippen LogP contribution in [0.2, 0.25) is 5.02 Å². The molecule has 0 saturated heterocycles. The van der Waals surface area contributed by atoms with E-state index in [0.29, 0.717) is 10.8 Å². The van der Waals surface area contributed by atoms with Gasteiger partial charge in [-0.3, -0.25) is 0 Å². The maximum Gasteiger partial charge on any atom is 0.167 e. The Morgan fingerprint density at radius 3 is 2.93 bits per heavy atom. The molecule has 1 aromatic carbocycles. The summed E-state index contributed by atoms with van der Waals surface area (Å²) in [7, 11) is 0. The van der Waals surface area contributed by atoms with Gasteiger partial charge < -0.3 is 4.74 Å². The van der Waals surface area contributed by atoms with Gasteiger partial charge in [-0.05, 0) is 29.6 Å². The number of azide groups is 1. The molecule has 0 unspecified atom stereocenters. The summed E-state index contributed by atoms with van der Waals surface area (Å²) in [6, 6.07) is 5.42. The van der Waals surface area contributed by atoms with Gasteiger partial charge in [0.2, 0.25) is 0 Å². The Kier molecular flexibility index (Phi) is 4.11. The van der Waals surface area contributed by atoms with E-state index >= 15 is 0 Å². The van der Waals surface area contributed by atoms with Gasteiger partial charge in [0.05, 0.1) is 0 Å². The second kappa shape index (κ2) is 5.37. The van der Waals surface area contributed by atoms with Gasteiger partial charge in [-0.2, -0.15) is 0 Å². The normalized spacial score (nSPS) is 9.29. The molecule has 0 aromatic heterocycles. The molecule has 0 heterocycles. The minimum absolute atomic E-state index is 0.0156. The van der Waals surface area contributed by atoms with Crippen molar-refractivity contribution in [3.63, 3.8) is 0 Å². The summed E-state index contributed by atoms with van der Waals surface area (Å²) in [5.41, 5.74) is 9.11. The standard InChI is InChI=1S/C9H10ClN3O/c1-2-7-3-4-8(5-9(7)10)14-6-12-13-11/h3-5H,2,6H2,1H3. The highest BCUT2D eigenvalue weighted by atomic mass is 35.5. The SMILES string of the molecule is CCc1ccc(OCN=[N+]=[N-])cc1Cl. The van der Waals surface area contributed by atoms with Gasteiger partial charge >= 0.3 is 0 Å². The lowest BCUT2D eigenvalue weighted by Crippen LogP contribution is -1.93. The first kappa shape index (κ1) is 10.7. The van der Waals surface area contributed by atoms with Gasteiger partial charge in [0.25, 0.3) is 0 Å². The summed E-state index contributed by atoms with van der Waals surface area (Å²) in [5.74, 6) is 0.611. The zero-order valence-corrected chi connectivity index (χ0v) is 8.53. The van der Waals surface area contributed by atoms with Crippen LogP contribution in [0, 0.1) is 0 Å². The van der Waals surface area contributed by atoms with E-state index in [2.05, 4.69) is 10.0 Å². The van der Waals surface area contributed by atoms with E-state index < -0.39 is 0 Å². The Morgan fingerprint density at radius 2 is 2.36 bits per heavy atom. The Bertz CT molecular complexity index is 361. The first-order valence-corrected chi connectivity index (χ1v) is 4.57. The Hall–Kier alpha value is -1.38. The van der Waals surface area contributed by atoms with Crippen molar-refractivity contribution in [3.8, 4) is 5.75 Å². The summed E-state index contributed by atoms with van der Waals surface area (Å²) in [4.78, 5) is 2.57. The minimum atomic E-state index is -0.0156. The lowest BCUT2D eigenvalue weighted by Gasteiger charge is -2.05. The molecule has 5 heteroatoms. The second-order valence-corrected chi connectivity index (χ2v) is 3.02. The van der Waals surface area contributed by atoms with Crippen molar-refractivity contribution in [1.82, 2.24) is 0 Å². The van der Waals surface area contributed by atoms with Crippen LogP contribution >= 0.6 is 11.6 Å². The van der Waals surface area contributed by atoms with Crippen LogP contribution < -0.4 is 4.74 Å². The van der Waals surface area contributed by atoms with Crippen LogP contribution in [0.5, 0.6) is 5.75 Å². The maximum atomic E-state index is 8.03. The molecule has 0 aliphatic carbocycles. The fourth-order valence-corrected chi connectivity index (χ4v) is 1.34. The first-order valence-electron chi connectivity index (χ1n) is 4.20. The van der Waals surface area contributed by atoms with Gasteiger partial charge in [0.1, 0.15) is 5.75 Å². The van der Waals surface area contributed by atoms with Crippen molar-refractivity contribution in [2.45, 2.75) is 13.3 Å². The highest BCUT2D eigenvalue weighted by Gasteiger charge is 1.99. The van der Waals surface area contributed by atoms with Crippen molar-refractivity contribution in [2.75, 3.05) is 6.73 Å². The van der Waals surface area contributed by atoms with Crippen LogP contribution in [-0.2, 0) is 6.42 Å². The van der Waals surface area contributed by atoms with Crippen molar-refractivity contribution in [2.24, 2.45) is 5.11 Å². The van der Waals surface area contributed by atoms with E-state index in [4.69, 9.17) is 21.9 Å². The van der Waals surface area contributed by atoms with E-state index in [9.17, 15) is 0 Å². The molecular weight excluding hydrogens is 202 g/mol. The van der Waals surface area contributed by atoms with E-state index in [1.807, 2.05) is 13.0 Å². The third kappa shape index (κ3) is 2.83. The smallest absolute Gasteiger partial charge is 0.167 e. The fourth-order valence-electron chi connectivity index (χ4n) is 1.03. The fraction of sp³-hybridized carbons (Fsp3) is 0.333. The quantitative estimate of drug-likeness (QED) is 0.427. The Labute approximate surface area is 87.1 Å². The second-order valence-electron chi connectivity index (χ2n) is 2.61. The Balaban J connectivity index is 2.70. The third-order valence-corrected chi connectivity index (χ3v) is 2.11. The number of benzene rings is 1. The number of nitrogens with zero attached hydrogens (tertiary/aromatic N) is 3. The van der Waals surface area contributed by atoms with E-state index in [-0.39, 0.29) is 6.73 Å². The van der Waals surface area contributed by atoms with Crippen molar-refractivity contribution in [3.05, 3.63) is 39.2 Å². The van der Waals surface area contributed by atoms with Gasteiger partial charge in [-0.15, -0.1) is 0 Å². The number of rotatable bonds is 4.